The van der Waals surface area contributed by atoms with E-state index in [1.807, 2.05) is 43.3 Å². The minimum absolute atomic E-state index is 0.0182. The maximum absolute atomic E-state index is 12.1. The van der Waals surface area contributed by atoms with Crippen LogP contribution in [0.15, 0.2) is 24.3 Å². The van der Waals surface area contributed by atoms with Crippen LogP contribution in [0.25, 0.3) is 0 Å². The molecule has 19 heavy (non-hydrogen) atoms. The fourth-order valence-corrected chi connectivity index (χ4v) is 2.42. The van der Waals surface area contributed by atoms with Gasteiger partial charge in [-0.3, -0.25) is 4.79 Å². The van der Waals surface area contributed by atoms with Crippen LogP contribution in [0.3, 0.4) is 0 Å². The molecule has 1 amide bonds. The van der Waals surface area contributed by atoms with Gasteiger partial charge in [-0.15, -0.1) is 0 Å². The van der Waals surface area contributed by atoms with Crippen LogP contribution in [0.4, 0.5) is 5.69 Å². The third-order valence-corrected chi connectivity index (χ3v) is 3.81. The molecule has 2 N–H and O–H groups in total. The molecule has 2 unspecified atom stereocenters. The number of hydrogen-bond acceptors (Lipinski definition) is 3. The van der Waals surface area contributed by atoms with Gasteiger partial charge in [-0.25, -0.2) is 0 Å². The van der Waals surface area contributed by atoms with Crippen LogP contribution < -0.4 is 15.5 Å². The average Bonchev–Trinajstić information content (AvgIpc) is 2.92. The summed E-state index contributed by atoms with van der Waals surface area (Å²) in [4.78, 5) is 14.2. The number of carbonyl (C=O) groups is 1. The first-order valence-corrected chi connectivity index (χ1v) is 6.87. The lowest BCUT2D eigenvalue weighted by atomic mass is 10.0. The van der Waals surface area contributed by atoms with Gasteiger partial charge in [-0.05, 0) is 56.6 Å². The molecule has 4 nitrogen and oxygen atoms in total. The predicted molar refractivity (Wildman–Crippen MR) is 78.7 cm³/mol. The Morgan fingerprint density at radius 2 is 2.05 bits per heavy atom. The quantitative estimate of drug-likeness (QED) is 0.863. The maximum atomic E-state index is 12.1. The Balaban J connectivity index is 1.95. The summed E-state index contributed by atoms with van der Waals surface area (Å²) in [5.74, 6) is 0.565. The molecule has 0 spiro atoms. The SMILES string of the molecule is CC(NC(=O)c1ccc(N(C)C)cc1)C1CCNC1. The van der Waals surface area contributed by atoms with Gasteiger partial charge < -0.3 is 15.5 Å². The van der Waals surface area contributed by atoms with Crippen LogP contribution in [0.2, 0.25) is 0 Å². The van der Waals surface area contributed by atoms with E-state index in [0.717, 1.165) is 30.8 Å². The minimum atomic E-state index is 0.0182. The van der Waals surface area contributed by atoms with Crippen molar-refractivity contribution in [3.63, 3.8) is 0 Å². The molecule has 1 fully saturated rings. The van der Waals surface area contributed by atoms with Gasteiger partial charge in [0.2, 0.25) is 0 Å². The van der Waals surface area contributed by atoms with E-state index in [1.165, 1.54) is 0 Å². The minimum Gasteiger partial charge on any atom is -0.378 e. The van der Waals surface area contributed by atoms with E-state index in [-0.39, 0.29) is 11.9 Å². The van der Waals surface area contributed by atoms with Gasteiger partial charge >= 0.3 is 0 Å². The first-order valence-electron chi connectivity index (χ1n) is 6.87. The summed E-state index contributed by atoms with van der Waals surface area (Å²) in [6.45, 7) is 4.15. The molecule has 1 aromatic carbocycles. The normalized spacial score (nSPS) is 20.1. The summed E-state index contributed by atoms with van der Waals surface area (Å²) in [6.07, 6.45) is 1.14. The molecule has 0 aromatic heterocycles. The molecule has 0 bridgehead atoms. The van der Waals surface area contributed by atoms with E-state index in [2.05, 4.69) is 17.6 Å². The van der Waals surface area contributed by atoms with Crippen LogP contribution in [0.5, 0.6) is 0 Å². The van der Waals surface area contributed by atoms with Crippen LogP contribution in [0, 0.1) is 5.92 Å². The summed E-state index contributed by atoms with van der Waals surface area (Å²) in [7, 11) is 3.98. The Morgan fingerprint density at radius 1 is 1.37 bits per heavy atom. The molecular weight excluding hydrogens is 238 g/mol. The Bertz CT molecular complexity index is 422. The van der Waals surface area contributed by atoms with Crippen molar-refractivity contribution in [3.8, 4) is 0 Å². The Morgan fingerprint density at radius 3 is 2.58 bits per heavy atom. The number of carbonyl (C=O) groups excluding carboxylic acids is 1. The number of nitrogens with one attached hydrogen (secondary N) is 2. The molecule has 4 heteroatoms. The summed E-state index contributed by atoms with van der Waals surface area (Å²) >= 11 is 0. The smallest absolute Gasteiger partial charge is 0.251 e. The number of rotatable bonds is 4. The largest absolute Gasteiger partial charge is 0.378 e. The van der Waals surface area contributed by atoms with E-state index >= 15 is 0 Å². The average molecular weight is 261 g/mol. The first-order chi connectivity index (χ1) is 9.08. The molecule has 1 saturated heterocycles. The zero-order chi connectivity index (χ0) is 13.8. The van der Waals surface area contributed by atoms with Gasteiger partial charge in [-0.2, -0.15) is 0 Å². The maximum Gasteiger partial charge on any atom is 0.251 e. The molecule has 1 aliphatic heterocycles. The van der Waals surface area contributed by atoms with Gasteiger partial charge in [0.1, 0.15) is 0 Å². The fraction of sp³-hybridized carbons (Fsp3) is 0.533. The van der Waals surface area contributed by atoms with Crippen molar-refractivity contribution < 1.29 is 4.79 Å². The molecule has 104 valence electrons. The topological polar surface area (TPSA) is 44.4 Å². The molecule has 1 aliphatic rings. The summed E-state index contributed by atoms with van der Waals surface area (Å²) in [5, 5.41) is 6.42. The zero-order valence-electron chi connectivity index (χ0n) is 11.9. The zero-order valence-corrected chi connectivity index (χ0v) is 11.9. The van der Waals surface area contributed by atoms with E-state index in [0.29, 0.717) is 5.92 Å². The fourth-order valence-electron chi connectivity index (χ4n) is 2.42. The number of anilines is 1. The third kappa shape index (κ3) is 3.47. The van der Waals surface area contributed by atoms with Crippen molar-refractivity contribution in [3.05, 3.63) is 29.8 Å². The molecule has 2 rings (SSSR count). The van der Waals surface area contributed by atoms with Crippen molar-refractivity contribution >= 4 is 11.6 Å². The highest BCUT2D eigenvalue weighted by molar-refractivity contribution is 5.94. The van der Waals surface area contributed by atoms with Gasteiger partial charge in [0.15, 0.2) is 0 Å². The Kier molecular flexibility index (Phi) is 4.43. The lowest BCUT2D eigenvalue weighted by Crippen LogP contribution is -2.38. The molecule has 0 radical (unpaired) electrons. The number of nitrogens with zero attached hydrogens (tertiary/aromatic N) is 1. The van der Waals surface area contributed by atoms with E-state index in [9.17, 15) is 4.79 Å². The van der Waals surface area contributed by atoms with Crippen molar-refractivity contribution in [2.24, 2.45) is 5.92 Å². The monoisotopic (exact) mass is 261 g/mol. The lowest BCUT2D eigenvalue weighted by molar-refractivity contribution is 0.0929. The third-order valence-electron chi connectivity index (χ3n) is 3.81. The summed E-state index contributed by atoms with van der Waals surface area (Å²) in [5.41, 5.74) is 1.83. The van der Waals surface area contributed by atoms with Crippen molar-refractivity contribution in [1.82, 2.24) is 10.6 Å². The molecular formula is C15H23N3O. The molecule has 0 saturated carbocycles. The number of hydrogen-bond donors (Lipinski definition) is 2. The van der Waals surface area contributed by atoms with E-state index in [1.54, 1.807) is 0 Å². The second kappa shape index (κ2) is 6.06. The standard InChI is InChI=1S/C15H23N3O/c1-11(13-8-9-16-10-13)17-15(19)12-4-6-14(7-5-12)18(2)3/h4-7,11,13,16H,8-10H2,1-3H3,(H,17,19). The van der Waals surface area contributed by atoms with Crippen molar-refractivity contribution in [2.75, 3.05) is 32.1 Å². The van der Waals surface area contributed by atoms with Crippen LogP contribution in [0.1, 0.15) is 23.7 Å². The Labute approximate surface area is 115 Å². The van der Waals surface area contributed by atoms with Crippen LogP contribution in [-0.4, -0.2) is 39.1 Å². The predicted octanol–water partition coefficient (Wildman–Crippen LogP) is 1.48. The van der Waals surface area contributed by atoms with Crippen molar-refractivity contribution in [2.45, 2.75) is 19.4 Å². The van der Waals surface area contributed by atoms with E-state index in [4.69, 9.17) is 0 Å². The van der Waals surface area contributed by atoms with Crippen LogP contribution >= 0.6 is 0 Å². The second-order valence-corrected chi connectivity index (χ2v) is 5.46. The summed E-state index contributed by atoms with van der Waals surface area (Å²) < 4.78 is 0. The first kappa shape index (κ1) is 13.9. The van der Waals surface area contributed by atoms with Gasteiger partial charge in [0.25, 0.3) is 5.91 Å². The van der Waals surface area contributed by atoms with Gasteiger partial charge in [-0.1, -0.05) is 0 Å². The van der Waals surface area contributed by atoms with Crippen molar-refractivity contribution in [1.29, 1.82) is 0 Å². The van der Waals surface area contributed by atoms with Gasteiger partial charge in [0, 0.05) is 31.4 Å². The van der Waals surface area contributed by atoms with Gasteiger partial charge in [0.05, 0.1) is 0 Å². The molecule has 0 aliphatic carbocycles. The van der Waals surface area contributed by atoms with Crippen LogP contribution in [-0.2, 0) is 0 Å². The highest BCUT2D eigenvalue weighted by atomic mass is 16.1. The summed E-state index contributed by atoms with van der Waals surface area (Å²) in [6, 6.07) is 7.91. The molecule has 1 aromatic rings. The second-order valence-electron chi connectivity index (χ2n) is 5.46. The van der Waals surface area contributed by atoms with E-state index < -0.39 is 0 Å². The molecule has 2 atom stereocenters. The Hall–Kier alpha value is -1.55. The lowest BCUT2D eigenvalue weighted by Gasteiger charge is -2.20. The molecule has 1 heterocycles. The highest BCUT2D eigenvalue weighted by Gasteiger charge is 2.22. The number of benzene rings is 1. The highest BCUT2D eigenvalue weighted by Crippen LogP contribution is 2.15. The number of amides is 1.